The highest BCUT2D eigenvalue weighted by molar-refractivity contribution is 9.10. The molecule has 7 heteroatoms. The Hall–Kier alpha value is -1.18. The van der Waals surface area contributed by atoms with Crippen molar-refractivity contribution >= 4 is 42.6 Å². The Balaban J connectivity index is 2.48. The fourth-order valence-electron chi connectivity index (χ4n) is 3.32. The molecule has 0 saturated heterocycles. The van der Waals surface area contributed by atoms with Crippen molar-refractivity contribution in [2.75, 3.05) is 12.8 Å². The van der Waals surface area contributed by atoms with Crippen molar-refractivity contribution in [3.05, 3.63) is 33.4 Å². The predicted molar refractivity (Wildman–Crippen MR) is 115 cm³/mol. The molecule has 2 rings (SSSR count). The molecule has 0 fully saturated rings. The average Bonchev–Trinajstić information content (AvgIpc) is 2.77. The van der Waals surface area contributed by atoms with Crippen LogP contribution in [-0.4, -0.2) is 31.6 Å². The first-order valence-electron chi connectivity index (χ1n) is 9.07. The van der Waals surface area contributed by atoms with Gasteiger partial charge in [0, 0.05) is 40.6 Å². The van der Waals surface area contributed by atoms with Gasteiger partial charge in [-0.25, -0.2) is 13.1 Å². The van der Waals surface area contributed by atoms with Crippen LogP contribution in [0.15, 0.2) is 16.6 Å². The number of carbonyl (C=O) groups excluding carboxylic acids is 1. The Morgan fingerprint density at radius 1 is 1.22 bits per heavy atom. The van der Waals surface area contributed by atoms with E-state index in [1.807, 2.05) is 26.0 Å². The van der Waals surface area contributed by atoms with Crippen LogP contribution in [0.3, 0.4) is 0 Å². The number of ketones is 1. The number of fused-ring (bicyclic) bond motifs is 1. The van der Waals surface area contributed by atoms with E-state index in [-0.39, 0.29) is 11.2 Å². The van der Waals surface area contributed by atoms with Crippen LogP contribution in [-0.2, 0) is 16.6 Å². The maximum Gasteiger partial charge on any atom is 0.208 e. The van der Waals surface area contributed by atoms with Crippen molar-refractivity contribution < 1.29 is 13.2 Å². The Bertz CT molecular complexity index is 969. The lowest BCUT2D eigenvalue weighted by Crippen LogP contribution is -2.24. The van der Waals surface area contributed by atoms with Gasteiger partial charge in [-0.05, 0) is 47.2 Å². The molecule has 150 valence electrons. The van der Waals surface area contributed by atoms with Gasteiger partial charge in [-0.2, -0.15) is 0 Å². The smallest absolute Gasteiger partial charge is 0.208 e. The van der Waals surface area contributed by atoms with Gasteiger partial charge in [-0.1, -0.05) is 32.9 Å². The molecule has 0 aliphatic heterocycles. The Morgan fingerprint density at radius 2 is 1.85 bits per heavy atom. The summed E-state index contributed by atoms with van der Waals surface area (Å²) < 4.78 is 28.2. The first-order valence-corrected chi connectivity index (χ1v) is 11.8. The van der Waals surface area contributed by atoms with Crippen molar-refractivity contribution in [3.8, 4) is 0 Å². The van der Waals surface area contributed by atoms with Gasteiger partial charge in [0.15, 0.2) is 5.78 Å². The molecule has 0 atom stereocenters. The van der Waals surface area contributed by atoms with E-state index in [0.29, 0.717) is 25.9 Å². The van der Waals surface area contributed by atoms with E-state index in [1.54, 1.807) is 0 Å². The molecule has 1 heterocycles. The number of hydrogen-bond acceptors (Lipinski definition) is 3. The number of benzene rings is 1. The van der Waals surface area contributed by atoms with E-state index >= 15 is 0 Å². The number of halogens is 1. The molecule has 0 radical (unpaired) electrons. The van der Waals surface area contributed by atoms with Crippen molar-refractivity contribution in [3.63, 3.8) is 0 Å². The van der Waals surface area contributed by atoms with Gasteiger partial charge in [0.05, 0.1) is 11.8 Å². The first-order chi connectivity index (χ1) is 12.3. The molecule has 0 spiro atoms. The number of carbonyl (C=O) groups is 1. The van der Waals surface area contributed by atoms with Crippen LogP contribution >= 0.6 is 15.9 Å². The zero-order valence-corrected chi connectivity index (χ0v) is 19.3. The van der Waals surface area contributed by atoms with Crippen molar-refractivity contribution in [2.24, 2.45) is 5.41 Å². The molecule has 0 bridgehead atoms. The average molecular weight is 457 g/mol. The Kier molecular flexibility index (Phi) is 6.59. The van der Waals surface area contributed by atoms with Gasteiger partial charge in [-0.15, -0.1) is 0 Å². The number of aryl methyl sites for hydroxylation is 2. The summed E-state index contributed by atoms with van der Waals surface area (Å²) in [6, 6.07) is 4.04. The highest BCUT2D eigenvalue weighted by Crippen LogP contribution is 2.35. The lowest BCUT2D eigenvalue weighted by atomic mass is 9.87. The van der Waals surface area contributed by atoms with E-state index in [4.69, 9.17) is 0 Å². The molecule has 2 aromatic rings. The standard InChI is InChI=1S/C20H29BrN2O3S/c1-13-8-9-15-17(16(24)12-20(3,4)5)14(2)23(19(15)18(13)21)11-7-10-22-27(6,25)26/h8-9,22H,7,10-12H2,1-6H3. The number of nitrogens with zero attached hydrogens (tertiary/aromatic N) is 1. The van der Waals surface area contributed by atoms with E-state index in [9.17, 15) is 13.2 Å². The van der Waals surface area contributed by atoms with Crippen LogP contribution in [0, 0.1) is 19.3 Å². The van der Waals surface area contributed by atoms with Crippen molar-refractivity contribution in [1.82, 2.24) is 9.29 Å². The second-order valence-electron chi connectivity index (χ2n) is 8.39. The summed E-state index contributed by atoms with van der Waals surface area (Å²) >= 11 is 3.69. The summed E-state index contributed by atoms with van der Waals surface area (Å²) in [7, 11) is -3.20. The molecule has 1 aromatic heterocycles. The fourth-order valence-corrected chi connectivity index (χ4v) is 4.40. The summed E-state index contributed by atoms with van der Waals surface area (Å²) in [6.45, 7) is 11.2. The normalized spacial score (nSPS) is 12.7. The number of sulfonamides is 1. The summed E-state index contributed by atoms with van der Waals surface area (Å²) in [6.07, 6.45) is 2.28. The lowest BCUT2D eigenvalue weighted by Gasteiger charge is -2.17. The maximum absolute atomic E-state index is 13.0. The zero-order valence-electron chi connectivity index (χ0n) is 16.9. The highest BCUT2D eigenvalue weighted by atomic mass is 79.9. The van der Waals surface area contributed by atoms with Crippen molar-refractivity contribution in [2.45, 2.75) is 54.0 Å². The quantitative estimate of drug-likeness (QED) is 0.489. The summed E-state index contributed by atoms with van der Waals surface area (Å²) in [5.41, 5.74) is 3.73. The molecule has 1 N–H and O–H groups in total. The third kappa shape index (κ3) is 5.42. The van der Waals surface area contributed by atoms with Crippen molar-refractivity contribution in [1.29, 1.82) is 0 Å². The number of hydrogen-bond donors (Lipinski definition) is 1. The summed E-state index contributed by atoms with van der Waals surface area (Å²) in [5.74, 6) is 0.147. The third-order valence-electron chi connectivity index (χ3n) is 4.51. The number of rotatable bonds is 7. The Morgan fingerprint density at radius 3 is 2.41 bits per heavy atom. The minimum atomic E-state index is -3.20. The molecule has 27 heavy (non-hydrogen) atoms. The van der Waals surface area contributed by atoms with Gasteiger partial charge in [0.25, 0.3) is 0 Å². The highest BCUT2D eigenvalue weighted by Gasteiger charge is 2.25. The number of aromatic nitrogens is 1. The second-order valence-corrected chi connectivity index (χ2v) is 11.0. The molecule has 0 aliphatic rings. The van der Waals surface area contributed by atoms with Gasteiger partial charge in [0.1, 0.15) is 0 Å². The molecule has 0 saturated carbocycles. The molecule has 0 amide bonds. The van der Waals surface area contributed by atoms with Gasteiger partial charge >= 0.3 is 0 Å². The van der Waals surface area contributed by atoms with E-state index in [1.165, 1.54) is 0 Å². The lowest BCUT2D eigenvalue weighted by molar-refractivity contribution is 0.0940. The molecular formula is C20H29BrN2O3S. The zero-order chi connectivity index (χ0) is 20.6. The van der Waals surface area contributed by atoms with Crippen LogP contribution in [0.5, 0.6) is 0 Å². The summed E-state index contributed by atoms with van der Waals surface area (Å²) in [5, 5.41) is 0.954. The molecule has 1 aromatic carbocycles. The van der Waals surface area contributed by atoms with Crippen LogP contribution in [0.4, 0.5) is 0 Å². The molecule has 0 aliphatic carbocycles. The van der Waals surface area contributed by atoms with Crippen LogP contribution in [0.25, 0.3) is 10.9 Å². The maximum atomic E-state index is 13.0. The number of nitrogens with one attached hydrogen (secondary N) is 1. The van der Waals surface area contributed by atoms with E-state index in [0.717, 1.165) is 38.5 Å². The molecule has 0 unspecified atom stereocenters. The summed E-state index contributed by atoms with van der Waals surface area (Å²) in [4.78, 5) is 13.0. The van der Waals surface area contributed by atoms with Crippen LogP contribution in [0.1, 0.15) is 55.2 Å². The fraction of sp³-hybridized carbons (Fsp3) is 0.550. The SMILES string of the molecule is Cc1ccc2c(C(=O)CC(C)(C)C)c(C)n(CCCNS(C)(=O)=O)c2c1Br. The predicted octanol–water partition coefficient (Wildman–Crippen LogP) is 4.58. The van der Waals surface area contributed by atoms with Crippen LogP contribution < -0.4 is 4.72 Å². The molecular weight excluding hydrogens is 428 g/mol. The molecule has 5 nitrogen and oxygen atoms in total. The Labute approximate surface area is 170 Å². The largest absolute Gasteiger partial charge is 0.343 e. The minimum absolute atomic E-state index is 0.0840. The topological polar surface area (TPSA) is 68.2 Å². The second kappa shape index (κ2) is 8.05. The first kappa shape index (κ1) is 22.1. The van der Waals surface area contributed by atoms with E-state index < -0.39 is 10.0 Å². The monoisotopic (exact) mass is 456 g/mol. The van der Waals surface area contributed by atoms with Gasteiger partial charge in [-0.3, -0.25) is 4.79 Å². The van der Waals surface area contributed by atoms with Crippen LogP contribution in [0.2, 0.25) is 0 Å². The van der Waals surface area contributed by atoms with Gasteiger partial charge in [0.2, 0.25) is 10.0 Å². The van der Waals surface area contributed by atoms with Gasteiger partial charge < -0.3 is 4.57 Å². The third-order valence-corrected chi connectivity index (χ3v) is 6.24. The number of Topliss-reactive ketones (excluding diaryl/α,β-unsaturated/α-hetero) is 1. The van der Waals surface area contributed by atoms with E-state index in [2.05, 4.69) is 46.0 Å². The minimum Gasteiger partial charge on any atom is -0.343 e.